The van der Waals surface area contributed by atoms with Crippen LogP contribution in [0.4, 0.5) is 5.69 Å². The SMILES string of the molecule is COc1cc(NC(=O)[C@@H](C)Oc2ccc(C)c(C)c2)c(OC)cc1Cl. The average molecular weight is 364 g/mol. The lowest BCUT2D eigenvalue weighted by atomic mass is 10.1. The Morgan fingerprint density at radius 1 is 1.04 bits per heavy atom. The van der Waals surface area contributed by atoms with Crippen molar-refractivity contribution in [3.63, 3.8) is 0 Å². The van der Waals surface area contributed by atoms with E-state index in [0.29, 0.717) is 28.0 Å². The number of halogens is 1. The van der Waals surface area contributed by atoms with E-state index in [1.807, 2.05) is 32.0 Å². The Bertz CT molecular complexity index is 776. The van der Waals surface area contributed by atoms with Gasteiger partial charge in [-0.25, -0.2) is 0 Å². The van der Waals surface area contributed by atoms with Gasteiger partial charge in [0, 0.05) is 12.1 Å². The van der Waals surface area contributed by atoms with Crippen LogP contribution in [0, 0.1) is 13.8 Å². The number of benzene rings is 2. The first kappa shape index (κ1) is 18.9. The van der Waals surface area contributed by atoms with E-state index < -0.39 is 6.10 Å². The molecule has 134 valence electrons. The highest BCUT2D eigenvalue weighted by Crippen LogP contribution is 2.36. The lowest BCUT2D eigenvalue weighted by molar-refractivity contribution is -0.122. The number of aryl methyl sites for hydroxylation is 2. The monoisotopic (exact) mass is 363 g/mol. The zero-order chi connectivity index (χ0) is 18.6. The standard InChI is InChI=1S/C19H22ClNO4/c1-11-6-7-14(8-12(11)2)25-13(3)19(22)21-16-10-17(23-4)15(20)9-18(16)24-5/h6-10,13H,1-5H3,(H,21,22)/t13-/m1/s1. The first-order valence-electron chi connectivity index (χ1n) is 7.82. The van der Waals surface area contributed by atoms with E-state index >= 15 is 0 Å². The molecule has 2 aromatic carbocycles. The molecular weight excluding hydrogens is 342 g/mol. The molecule has 2 aromatic rings. The third kappa shape index (κ3) is 4.57. The molecule has 0 aliphatic heterocycles. The lowest BCUT2D eigenvalue weighted by Crippen LogP contribution is -2.30. The van der Waals surface area contributed by atoms with Gasteiger partial charge in [-0.3, -0.25) is 4.79 Å². The van der Waals surface area contributed by atoms with Crippen molar-refractivity contribution in [2.75, 3.05) is 19.5 Å². The van der Waals surface area contributed by atoms with Crippen LogP contribution in [0.1, 0.15) is 18.1 Å². The van der Waals surface area contributed by atoms with E-state index in [4.69, 9.17) is 25.8 Å². The zero-order valence-electron chi connectivity index (χ0n) is 15.0. The fourth-order valence-corrected chi connectivity index (χ4v) is 2.47. The minimum Gasteiger partial charge on any atom is -0.495 e. The Morgan fingerprint density at radius 2 is 1.72 bits per heavy atom. The van der Waals surface area contributed by atoms with Crippen LogP contribution in [-0.4, -0.2) is 26.2 Å². The molecule has 25 heavy (non-hydrogen) atoms. The van der Waals surface area contributed by atoms with Gasteiger partial charge in [-0.1, -0.05) is 17.7 Å². The zero-order valence-corrected chi connectivity index (χ0v) is 15.7. The molecule has 5 nitrogen and oxygen atoms in total. The molecule has 0 heterocycles. The maximum Gasteiger partial charge on any atom is 0.265 e. The molecule has 0 fully saturated rings. The van der Waals surface area contributed by atoms with Crippen molar-refractivity contribution in [2.24, 2.45) is 0 Å². The third-order valence-electron chi connectivity index (χ3n) is 3.89. The molecule has 0 bridgehead atoms. The van der Waals surface area contributed by atoms with Crippen molar-refractivity contribution < 1.29 is 19.0 Å². The van der Waals surface area contributed by atoms with E-state index in [-0.39, 0.29) is 5.91 Å². The van der Waals surface area contributed by atoms with Gasteiger partial charge in [0.05, 0.1) is 24.9 Å². The maximum atomic E-state index is 12.5. The molecule has 1 N–H and O–H groups in total. The molecule has 0 aliphatic rings. The highest BCUT2D eigenvalue weighted by Gasteiger charge is 2.18. The molecule has 0 radical (unpaired) electrons. The Labute approximate surface area is 152 Å². The largest absolute Gasteiger partial charge is 0.495 e. The molecule has 0 saturated heterocycles. The molecular formula is C19H22ClNO4. The van der Waals surface area contributed by atoms with Gasteiger partial charge in [0.25, 0.3) is 5.91 Å². The molecule has 0 spiro atoms. The number of ether oxygens (including phenoxy) is 3. The summed E-state index contributed by atoms with van der Waals surface area (Å²) in [5.41, 5.74) is 2.74. The number of hydrogen-bond acceptors (Lipinski definition) is 4. The molecule has 0 saturated carbocycles. The number of anilines is 1. The van der Waals surface area contributed by atoms with Crippen molar-refractivity contribution in [3.8, 4) is 17.2 Å². The number of amides is 1. The smallest absolute Gasteiger partial charge is 0.265 e. The first-order valence-corrected chi connectivity index (χ1v) is 8.19. The van der Waals surface area contributed by atoms with Gasteiger partial charge >= 0.3 is 0 Å². The van der Waals surface area contributed by atoms with Gasteiger partial charge in [-0.2, -0.15) is 0 Å². The minimum atomic E-state index is -0.687. The highest BCUT2D eigenvalue weighted by atomic mass is 35.5. The second-order valence-corrected chi connectivity index (χ2v) is 6.09. The number of carbonyl (C=O) groups excluding carboxylic acids is 1. The lowest BCUT2D eigenvalue weighted by Gasteiger charge is -2.17. The van der Waals surface area contributed by atoms with Crippen LogP contribution in [0.5, 0.6) is 17.2 Å². The molecule has 0 unspecified atom stereocenters. The van der Waals surface area contributed by atoms with Gasteiger partial charge in [0.2, 0.25) is 0 Å². The van der Waals surface area contributed by atoms with Crippen molar-refractivity contribution in [1.29, 1.82) is 0 Å². The summed E-state index contributed by atoms with van der Waals surface area (Å²) in [6.45, 7) is 5.71. The Morgan fingerprint density at radius 3 is 2.32 bits per heavy atom. The van der Waals surface area contributed by atoms with Crippen LogP contribution in [0.15, 0.2) is 30.3 Å². The topological polar surface area (TPSA) is 56.8 Å². The third-order valence-corrected chi connectivity index (χ3v) is 4.19. The fraction of sp³-hybridized carbons (Fsp3) is 0.316. The molecule has 0 aromatic heterocycles. The summed E-state index contributed by atoms with van der Waals surface area (Å²) in [5.74, 6) is 1.23. The minimum absolute atomic E-state index is 0.305. The summed E-state index contributed by atoms with van der Waals surface area (Å²) in [6, 6.07) is 8.91. The van der Waals surface area contributed by atoms with Crippen molar-refractivity contribution in [1.82, 2.24) is 0 Å². The number of carbonyl (C=O) groups is 1. The van der Waals surface area contributed by atoms with E-state index in [9.17, 15) is 4.79 Å². The van der Waals surface area contributed by atoms with Gasteiger partial charge in [0.1, 0.15) is 17.2 Å². The van der Waals surface area contributed by atoms with Crippen LogP contribution in [0.2, 0.25) is 5.02 Å². The van der Waals surface area contributed by atoms with E-state index in [2.05, 4.69) is 5.32 Å². The van der Waals surface area contributed by atoms with E-state index in [0.717, 1.165) is 5.56 Å². The number of rotatable bonds is 6. The molecule has 1 amide bonds. The van der Waals surface area contributed by atoms with Gasteiger partial charge in [-0.15, -0.1) is 0 Å². The van der Waals surface area contributed by atoms with Crippen LogP contribution in [-0.2, 0) is 4.79 Å². The fourth-order valence-electron chi connectivity index (χ4n) is 2.24. The van der Waals surface area contributed by atoms with E-state index in [1.165, 1.54) is 19.8 Å². The first-order chi connectivity index (χ1) is 11.8. The summed E-state index contributed by atoms with van der Waals surface area (Å²) in [6.07, 6.45) is -0.687. The molecule has 1 atom stereocenters. The maximum absolute atomic E-state index is 12.5. The summed E-state index contributed by atoms with van der Waals surface area (Å²) in [4.78, 5) is 12.5. The van der Waals surface area contributed by atoms with Gasteiger partial charge in [0.15, 0.2) is 6.10 Å². The number of methoxy groups -OCH3 is 2. The summed E-state index contributed by atoms with van der Waals surface area (Å²) < 4.78 is 16.2. The van der Waals surface area contributed by atoms with Crippen molar-refractivity contribution in [2.45, 2.75) is 26.9 Å². The van der Waals surface area contributed by atoms with Crippen molar-refractivity contribution in [3.05, 3.63) is 46.5 Å². The van der Waals surface area contributed by atoms with Crippen LogP contribution in [0.3, 0.4) is 0 Å². The number of hydrogen-bond donors (Lipinski definition) is 1. The summed E-state index contributed by atoms with van der Waals surface area (Å²) in [5, 5.41) is 3.18. The molecule has 6 heteroatoms. The predicted octanol–water partition coefficient (Wildman–Crippen LogP) is 4.38. The summed E-state index contributed by atoms with van der Waals surface area (Å²) in [7, 11) is 3.01. The Kier molecular flexibility index (Phi) is 6.15. The Balaban J connectivity index is 2.14. The summed E-state index contributed by atoms with van der Waals surface area (Å²) >= 11 is 6.07. The predicted molar refractivity (Wildman–Crippen MR) is 99.2 cm³/mol. The second-order valence-electron chi connectivity index (χ2n) is 5.68. The Hall–Kier alpha value is -2.40. The normalized spacial score (nSPS) is 11.6. The van der Waals surface area contributed by atoms with E-state index in [1.54, 1.807) is 19.1 Å². The highest BCUT2D eigenvalue weighted by molar-refractivity contribution is 6.32. The van der Waals surface area contributed by atoms with Crippen LogP contribution >= 0.6 is 11.6 Å². The van der Waals surface area contributed by atoms with Gasteiger partial charge < -0.3 is 19.5 Å². The molecule has 2 rings (SSSR count). The number of nitrogens with one attached hydrogen (secondary N) is 1. The van der Waals surface area contributed by atoms with Crippen LogP contribution < -0.4 is 19.5 Å². The average Bonchev–Trinajstić information content (AvgIpc) is 2.59. The van der Waals surface area contributed by atoms with Crippen molar-refractivity contribution >= 4 is 23.2 Å². The second kappa shape index (κ2) is 8.12. The van der Waals surface area contributed by atoms with Crippen LogP contribution in [0.25, 0.3) is 0 Å². The quantitative estimate of drug-likeness (QED) is 0.827. The van der Waals surface area contributed by atoms with Gasteiger partial charge in [-0.05, 0) is 44.0 Å². The molecule has 0 aliphatic carbocycles.